The van der Waals surface area contributed by atoms with Gasteiger partial charge >= 0.3 is 6.18 Å². The molecule has 2 saturated heterocycles. The van der Waals surface area contributed by atoms with E-state index in [0.717, 1.165) is 56.2 Å². The maximum atomic E-state index is 12.4. The molecular weight excluding hydrogens is 307 g/mol. The SMILES string of the molecule is Cc1noc(C)c1CN1CC[C@H]2CN(CCC(F)(F)F)C[C@H]2C1. The third kappa shape index (κ3) is 4.07. The number of likely N-dealkylation sites (tertiary alicyclic amines) is 2. The van der Waals surface area contributed by atoms with Crippen LogP contribution in [0, 0.1) is 25.7 Å². The molecule has 0 N–H and O–H groups in total. The fourth-order valence-corrected chi connectivity index (χ4v) is 3.90. The molecule has 3 heterocycles. The molecule has 1 aromatic rings. The number of hydrogen-bond acceptors (Lipinski definition) is 4. The molecule has 2 aliphatic rings. The third-order valence-corrected chi connectivity index (χ3v) is 5.24. The Labute approximate surface area is 134 Å². The van der Waals surface area contributed by atoms with Gasteiger partial charge in [-0.3, -0.25) is 4.90 Å². The van der Waals surface area contributed by atoms with E-state index in [0.29, 0.717) is 11.8 Å². The van der Waals surface area contributed by atoms with Crippen LogP contribution in [-0.2, 0) is 6.54 Å². The van der Waals surface area contributed by atoms with Crippen molar-refractivity contribution in [1.29, 1.82) is 0 Å². The van der Waals surface area contributed by atoms with E-state index >= 15 is 0 Å². The second-order valence-corrected chi connectivity index (χ2v) is 6.97. The maximum absolute atomic E-state index is 12.4. The summed E-state index contributed by atoms with van der Waals surface area (Å²) < 4.78 is 42.4. The van der Waals surface area contributed by atoms with Gasteiger partial charge in [-0.1, -0.05) is 5.16 Å². The van der Waals surface area contributed by atoms with Gasteiger partial charge in [0.05, 0.1) is 12.1 Å². The van der Waals surface area contributed by atoms with Gasteiger partial charge in [-0.05, 0) is 38.6 Å². The van der Waals surface area contributed by atoms with E-state index in [2.05, 4.69) is 10.1 Å². The van der Waals surface area contributed by atoms with Crippen LogP contribution in [0.25, 0.3) is 0 Å². The average Bonchev–Trinajstić information content (AvgIpc) is 3.02. The van der Waals surface area contributed by atoms with Crippen LogP contribution in [0.3, 0.4) is 0 Å². The summed E-state index contributed by atoms with van der Waals surface area (Å²) in [6.07, 6.45) is -3.69. The van der Waals surface area contributed by atoms with Gasteiger partial charge in [0.1, 0.15) is 5.76 Å². The van der Waals surface area contributed by atoms with E-state index in [-0.39, 0.29) is 6.54 Å². The zero-order chi connectivity index (χ0) is 16.6. The Bertz CT molecular complexity index is 524. The Morgan fingerprint density at radius 3 is 2.48 bits per heavy atom. The van der Waals surface area contributed by atoms with Crippen molar-refractivity contribution < 1.29 is 17.7 Å². The smallest absolute Gasteiger partial charge is 0.361 e. The van der Waals surface area contributed by atoms with Gasteiger partial charge in [-0.25, -0.2) is 0 Å². The van der Waals surface area contributed by atoms with Crippen LogP contribution in [0.4, 0.5) is 13.2 Å². The summed E-state index contributed by atoms with van der Waals surface area (Å²) in [5.74, 6) is 1.89. The first-order chi connectivity index (χ1) is 10.8. The number of rotatable bonds is 4. The van der Waals surface area contributed by atoms with Gasteiger partial charge in [0, 0.05) is 38.3 Å². The van der Waals surface area contributed by atoms with E-state index in [9.17, 15) is 13.2 Å². The fourth-order valence-electron chi connectivity index (χ4n) is 3.90. The zero-order valence-electron chi connectivity index (χ0n) is 13.7. The molecule has 2 aliphatic heterocycles. The summed E-state index contributed by atoms with van der Waals surface area (Å²) in [6, 6.07) is 0. The van der Waals surface area contributed by atoms with Crippen LogP contribution in [-0.4, -0.2) is 53.9 Å². The molecule has 0 aromatic carbocycles. The standard InChI is InChI=1S/C16H24F3N3O/c1-11-15(12(2)23-20-11)10-21-5-3-13-7-22(9-14(13)8-21)6-4-16(17,18)19/h13-14H,3-10H2,1-2H3/t13-,14+/m0/s1. The molecule has 0 unspecified atom stereocenters. The van der Waals surface area contributed by atoms with Crippen molar-refractivity contribution in [3.05, 3.63) is 17.0 Å². The molecule has 0 amide bonds. The van der Waals surface area contributed by atoms with E-state index < -0.39 is 12.6 Å². The van der Waals surface area contributed by atoms with Crippen molar-refractivity contribution in [3.63, 3.8) is 0 Å². The molecule has 130 valence electrons. The van der Waals surface area contributed by atoms with Gasteiger partial charge in [0.2, 0.25) is 0 Å². The summed E-state index contributed by atoms with van der Waals surface area (Å²) in [6.45, 7) is 8.41. The molecule has 3 rings (SSSR count). The first kappa shape index (κ1) is 16.8. The number of fused-ring (bicyclic) bond motifs is 1. The normalized spacial score (nSPS) is 26.7. The van der Waals surface area contributed by atoms with Crippen LogP contribution in [0.1, 0.15) is 29.9 Å². The highest BCUT2D eigenvalue weighted by Crippen LogP contribution is 2.33. The predicted molar refractivity (Wildman–Crippen MR) is 80.0 cm³/mol. The molecule has 0 radical (unpaired) electrons. The lowest BCUT2D eigenvalue weighted by molar-refractivity contribution is -0.137. The molecule has 0 saturated carbocycles. The average molecular weight is 331 g/mol. The summed E-state index contributed by atoms with van der Waals surface area (Å²) >= 11 is 0. The van der Waals surface area contributed by atoms with Crippen LogP contribution >= 0.6 is 0 Å². The van der Waals surface area contributed by atoms with Crippen molar-refractivity contribution in [2.75, 3.05) is 32.7 Å². The topological polar surface area (TPSA) is 32.5 Å². The lowest BCUT2D eigenvalue weighted by Crippen LogP contribution is -2.39. The predicted octanol–water partition coefficient (Wildman–Crippen LogP) is 3.00. The molecule has 2 atom stereocenters. The Hall–Kier alpha value is -1.08. The number of alkyl halides is 3. The van der Waals surface area contributed by atoms with Crippen molar-refractivity contribution in [2.45, 2.75) is 39.4 Å². The van der Waals surface area contributed by atoms with Crippen LogP contribution < -0.4 is 0 Å². The summed E-state index contributed by atoms with van der Waals surface area (Å²) in [7, 11) is 0. The first-order valence-electron chi connectivity index (χ1n) is 8.25. The van der Waals surface area contributed by atoms with Crippen molar-refractivity contribution in [3.8, 4) is 0 Å². The Morgan fingerprint density at radius 2 is 1.83 bits per heavy atom. The van der Waals surface area contributed by atoms with Crippen molar-refractivity contribution in [1.82, 2.24) is 15.0 Å². The largest absolute Gasteiger partial charge is 0.390 e. The van der Waals surface area contributed by atoms with Gasteiger partial charge in [0.25, 0.3) is 0 Å². The molecule has 0 aliphatic carbocycles. The minimum absolute atomic E-state index is 0.139. The Morgan fingerprint density at radius 1 is 1.13 bits per heavy atom. The molecular formula is C16H24F3N3O. The highest BCUT2D eigenvalue weighted by atomic mass is 19.4. The second-order valence-electron chi connectivity index (χ2n) is 6.97. The Balaban J connectivity index is 1.53. The molecule has 0 bridgehead atoms. The minimum atomic E-state index is -4.05. The van der Waals surface area contributed by atoms with E-state index in [1.165, 1.54) is 0 Å². The summed E-state index contributed by atoms with van der Waals surface area (Å²) in [5, 5.41) is 3.99. The number of halogens is 3. The Kier molecular flexibility index (Phi) is 4.69. The van der Waals surface area contributed by atoms with Gasteiger partial charge in [-0.15, -0.1) is 0 Å². The van der Waals surface area contributed by atoms with E-state index in [1.54, 1.807) is 0 Å². The lowest BCUT2D eigenvalue weighted by atomic mass is 9.88. The van der Waals surface area contributed by atoms with Crippen LogP contribution in [0.2, 0.25) is 0 Å². The van der Waals surface area contributed by atoms with Gasteiger partial charge in [0.15, 0.2) is 0 Å². The third-order valence-electron chi connectivity index (χ3n) is 5.24. The number of aromatic nitrogens is 1. The number of nitrogens with zero attached hydrogens (tertiary/aromatic N) is 3. The number of hydrogen-bond donors (Lipinski definition) is 0. The molecule has 4 nitrogen and oxygen atoms in total. The maximum Gasteiger partial charge on any atom is 0.390 e. The molecule has 7 heteroatoms. The van der Waals surface area contributed by atoms with E-state index in [4.69, 9.17) is 4.52 Å². The zero-order valence-corrected chi connectivity index (χ0v) is 13.7. The molecule has 23 heavy (non-hydrogen) atoms. The van der Waals surface area contributed by atoms with Gasteiger partial charge in [-0.2, -0.15) is 13.2 Å². The number of aryl methyl sites for hydroxylation is 2. The summed E-state index contributed by atoms with van der Waals surface area (Å²) in [4.78, 5) is 4.38. The summed E-state index contributed by atoms with van der Waals surface area (Å²) in [5.41, 5.74) is 2.08. The minimum Gasteiger partial charge on any atom is -0.361 e. The lowest BCUT2D eigenvalue weighted by Gasteiger charge is -2.34. The monoisotopic (exact) mass is 331 g/mol. The fraction of sp³-hybridized carbons (Fsp3) is 0.812. The molecule has 2 fully saturated rings. The molecule has 0 spiro atoms. The van der Waals surface area contributed by atoms with Crippen molar-refractivity contribution >= 4 is 0 Å². The second kappa shape index (κ2) is 6.43. The van der Waals surface area contributed by atoms with E-state index in [1.807, 2.05) is 18.7 Å². The highest BCUT2D eigenvalue weighted by molar-refractivity contribution is 5.20. The first-order valence-corrected chi connectivity index (χ1v) is 8.25. The quantitative estimate of drug-likeness (QED) is 0.849. The van der Waals surface area contributed by atoms with Crippen LogP contribution in [0.15, 0.2) is 4.52 Å². The highest BCUT2D eigenvalue weighted by Gasteiger charge is 2.38. The van der Waals surface area contributed by atoms with Crippen LogP contribution in [0.5, 0.6) is 0 Å². The van der Waals surface area contributed by atoms with Crippen molar-refractivity contribution in [2.24, 2.45) is 11.8 Å². The van der Waals surface area contributed by atoms with Gasteiger partial charge < -0.3 is 9.42 Å². The molecule has 1 aromatic heterocycles. The number of piperidine rings is 1.